The zero-order valence-corrected chi connectivity index (χ0v) is 10.7. The van der Waals surface area contributed by atoms with Crippen LogP contribution in [0.5, 0.6) is 0 Å². The maximum atomic E-state index is 12.1. The quantitative estimate of drug-likeness (QED) is 0.668. The van der Waals surface area contributed by atoms with Crippen LogP contribution in [0, 0.1) is 10.1 Å². The third-order valence-corrected chi connectivity index (χ3v) is 4.31. The molecule has 0 bridgehead atoms. The van der Waals surface area contributed by atoms with Crippen LogP contribution in [0.2, 0.25) is 0 Å². The SMILES string of the molecule is CN(c1ccc([N+](=O)[O-])cc1)S(=O)(=O)c1cn[nH]c1. The van der Waals surface area contributed by atoms with Crippen LogP contribution in [-0.2, 0) is 10.0 Å². The minimum Gasteiger partial charge on any atom is -0.284 e. The Morgan fingerprint density at radius 3 is 2.42 bits per heavy atom. The number of rotatable bonds is 4. The monoisotopic (exact) mass is 282 g/mol. The minimum absolute atomic E-state index is 0.0216. The topological polar surface area (TPSA) is 109 Å². The highest BCUT2D eigenvalue weighted by Crippen LogP contribution is 2.23. The number of nitrogens with zero attached hydrogens (tertiary/aromatic N) is 3. The molecule has 0 aliphatic rings. The second-order valence-electron chi connectivity index (χ2n) is 3.68. The zero-order chi connectivity index (χ0) is 14.0. The minimum atomic E-state index is -3.71. The van der Waals surface area contributed by atoms with Crippen molar-refractivity contribution in [3.05, 3.63) is 46.8 Å². The van der Waals surface area contributed by atoms with Crippen molar-refractivity contribution < 1.29 is 13.3 Å². The van der Waals surface area contributed by atoms with Crippen molar-refractivity contribution in [2.75, 3.05) is 11.4 Å². The van der Waals surface area contributed by atoms with Gasteiger partial charge in [-0.1, -0.05) is 0 Å². The van der Waals surface area contributed by atoms with Gasteiger partial charge in [-0.25, -0.2) is 8.42 Å². The van der Waals surface area contributed by atoms with Crippen LogP contribution in [0.4, 0.5) is 11.4 Å². The van der Waals surface area contributed by atoms with Crippen LogP contribution in [0.1, 0.15) is 0 Å². The molecule has 1 aromatic carbocycles. The third-order valence-electron chi connectivity index (χ3n) is 2.56. The number of sulfonamides is 1. The lowest BCUT2D eigenvalue weighted by atomic mass is 10.3. The summed E-state index contributed by atoms with van der Waals surface area (Å²) in [7, 11) is -2.35. The summed E-state index contributed by atoms with van der Waals surface area (Å²) in [6.07, 6.45) is 2.45. The summed E-state index contributed by atoms with van der Waals surface area (Å²) in [5.41, 5.74) is 0.227. The van der Waals surface area contributed by atoms with Crippen molar-refractivity contribution >= 4 is 21.4 Å². The van der Waals surface area contributed by atoms with E-state index in [0.29, 0.717) is 5.69 Å². The molecule has 100 valence electrons. The zero-order valence-electron chi connectivity index (χ0n) is 9.85. The first-order valence-electron chi connectivity index (χ1n) is 5.15. The number of nitro groups is 1. The first-order valence-corrected chi connectivity index (χ1v) is 6.59. The highest BCUT2D eigenvalue weighted by molar-refractivity contribution is 7.92. The number of hydrogen-bond donors (Lipinski definition) is 1. The molecule has 1 N–H and O–H groups in total. The molecule has 0 fully saturated rings. The van der Waals surface area contributed by atoms with Gasteiger partial charge in [-0.2, -0.15) is 5.10 Å². The molecule has 0 radical (unpaired) electrons. The smallest absolute Gasteiger partial charge is 0.269 e. The molecule has 1 heterocycles. The lowest BCUT2D eigenvalue weighted by Crippen LogP contribution is -2.26. The number of aromatic nitrogens is 2. The fourth-order valence-corrected chi connectivity index (χ4v) is 2.56. The van der Waals surface area contributed by atoms with E-state index in [2.05, 4.69) is 10.2 Å². The molecule has 2 aromatic rings. The summed E-state index contributed by atoms with van der Waals surface area (Å²) >= 11 is 0. The molecule has 0 amide bonds. The van der Waals surface area contributed by atoms with Crippen LogP contribution in [-0.4, -0.2) is 30.6 Å². The van der Waals surface area contributed by atoms with Gasteiger partial charge in [0.2, 0.25) is 0 Å². The molecule has 0 spiro atoms. The van der Waals surface area contributed by atoms with Gasteiger partial charge in [0.15, 0.2) is 0 Å². The second-order valence-corrected chi connectivity index (χ2v) is 5.65. The van der Waals surface area contributed by atoms with E-state index in [0.717, 1.165) is 4.31 Å². The van der Waals surface area contributed by atoms with E-state index in [1.807, 2.05) is 0 Å². The Morgan fingerprint density at radius 1 is 1.32 bits per heavy atom. The Morgan fingerprint density at radius 2 is 1.95 bits per heavy atom. The summed E-state index contributed by atoms with van der Waals surface area (Å²) in [5.74, 6) is 0. The van der Waals surface area contributed by atoms with E-state index < -0.39 is 14.9 Å². The molecule has 0 saturated heterocycles. The number of non-ortho nitro benzene ring substituents is 1. The predicted molar refractivity (Wildman–Crippen MR) is 67.3 cm³/mol. The van der Waals surface area contributed by atoms with Crippen LogP contribution < -0.4 is 4.31 Å². The summed E-state index contributed by atoms with van der Waals surface area (Å²) in [5, 5.41) is 16.5. The summed E-state index contributed by atoms with van der Waals surface area (Å²) in [6.45, 7) is 0. The molecular formula is C10H10N4O4S. The average Bonchev–Trinajstić information content (AvgIpc) is 2.92. The van der Waals surface area contributed by atoms with Crippen molar-refractivity contribution in [2.24, 2.45) is 0 Å². The van der Waals surface area contributed by atoms with Gasteiger partial charge in [0, 0.05) is 25.4 Å². The Balaban J connectivity index is 2.34. The van der Waals surface area contributed by atoms with E-state index in [9.17, 15) is 18.5 Å². The fraction of sp³-hybridized carbons (Fsp3) is 0.100. The lowest BCUT2D eigenvalue weighted by molar-refractivity contribution is -0.384. The van der Waals surface area contributed by atoms with Gasteiger partial charge in [-0.3, -0.25) is 19.5 Å². The standard InChI is InChI=1S/C10H10N4O4S/c1-13(19(17,18)10-6-11-12-7-10)8-2-4-9(5-3-8)14(15)16/h2-7H,1H3,(H,11,12). The third kappa shape index (κ3) is 2.40. The summed E-state index contributed by atoms with van der Waals surface area (Å²) in [4.78, 5) is 10.0. The maximum absolute atomic E-state index is 12.1. The largest absolute Gasteiger partial charge is 0.284 e. The van der Waals surface area contributed by atoms with Crippen LogP contribution in [0.15, 0.2) is 41.6 Å². The van der Waals surface area contributed by atoms with Gasteiger partial charge in [0.1, 0.15) is 4.90 Å². The molecule has 0 atom stereocenters. The van der Waals surface area contributed by atoms with Crippen molar-refractivity contribution in [2.45, 2.75) is 4.90 Å². The number of hydrogen-bond acceptors (Lipinski definition) is 5. The molecule has 0 aliphatic heterocycles. The van der Waals surface area contributed by atoms with E-state index in [-0.39, 0.29) is 10.6 Å². The molecule has 1 aromatic heterocycles. The Bertz CT molecular complexity index is 679. The van der Waals surface area contributed by atoms with Gasteiger partial charge in [0.25, 0.3) is 15.7 Å². The molecule has 8 nitrogen and oxygen atoms in total. The number of H-pyrrole nitrogens is 1. The van der Waals surface area contributed by atoms with E-state index in [1.54, 1.807) is 0 Å². The molecule has 2 rings (SSSR count). The fourth-order valence-electron chi connectivity index (χ4n) is 1.46. The molecule has 0 aliphatic carbocycles. The number of nitrogens with one attached hydrogen (secondary N) is 1. The van der Waals surface area contributed by atoms with Crippen molar-refractivity contribution in [3.63, 3.8) is 0 Å². The Labute approximate surface area is 108 Å². The highest BCUT2D eigenvalue weighted by Gasteiger charge is 2.22. The number of anilines is 1. The van der Waals surface area contributed by atoms with Crippen molar-refractivity contribution in [3.8, 4) is 0 Å². The van der Waals surface area contributed by atoms with E-state index in [4.69, 9.17) is 0 Å². The Hall–Kier alpha value is -2.42. The number of benzene rings is 1. The van der Waals surface area contributed by atoms with E-state index >= 15 is 0 Å². The number of aromatic amines is 1. The second kappa shape index (κ2) is 4.69. The average molecular weight is 282 g/mol. The van der Waals surface area contributed by atoms with Gasteiger partial charge in [0.05, 0.1) is 16.8 Å². The summed E-state index contributed by atoms with van der Waals surface area (Å²) < 4.78 is 25.3. The lowest BCUT2D eigenvalue weighted by Gasteiger charge is -2.17. The predicted octanol–water partition coefficient (Wildman–Crippen LogP) is 1.14. The first-order chi connectivity index (χ1) is 8.93. The van der Waals surface area contributed by atoms with Gasteiger partial charge >= 0.3 is 0 Å². The number of nitro benzene ring substituents is 1. The van der Waals surface area contributed by atoms with Crippen LogP contribution in [0.25, 0.3) is 0 Å². The van der Waals surface area contributed by atoms with Gasteiger partial charge in [-0.05, 0) is 12.1 Å². The van der Waals surface area contributed by atoms with Crippen molar-refractivity contribution in [1.29, 1.82) is 0 Å². The molecule has 9 heteroatoms. The normalized spacial score (nSPS) is 11.2. The Kier molecular flexibility index (Phi) is 3.21. The molecule has 19 heavy (non-hydrogen) atoms. The van der Waals surface area contributed by atoms with Gasteiger partial charge < -0.3 is 0 Å². The molecule has 0 unspecified atom stereocenters. The van der Waals surface area contributed by atoms with Crippen LogP contribution >= 0.6 is 0 Å². The highest BCUT2D eigenvalue weighted by atomic mass is 32.2. The first kappa shape index (κ1) is 13.0. The van der Waals surface area contributed by atoms with Gasteiger partial charge in [-0.15, -0.1) is 0 Å². The molecular weight excluding hydrogens is 272 g/mol. The van der Waals surface area contributed by atoms with Crippen molar-refractivity contribution in [1.82, 2.24) is 10.2 Å². The summed E-state index contributed by atoms with van der Waals surface area (Å²) in [6, 6.07) is 5.24. The van der Waals surface area contributed by atoms with E-state index in [1.165, 1.54) is 43.7 Å². The maximum Gasteiger partial charge on any atom is 0.269 e. The molecule has 0 saturated carbocycles. The van der Waals surface area contributed by atoms with Crippen LogP contribution in [0.3, 0.4) is 0 Å².